The minimum atomic E-state index is -0.379. The van der Waals surface area contributed by atoms with E-state index < -0.39 is 0 Å². The molecule has 2 aliphatic rings. The monoisotopic (exact) mass is 403 g/mol. The zero-order chi connectivity index (χ0) is 20.5. The predicted molar refractivity (Wildman–Crippen MR) is 113 cm³/mol. The van der Waals surface area contributed by atoms with Crippen LogP contribution in [0.2, 0.25) is 0 Å². The van der Waals surface area contributed by atoms with Crippen LogP contribution in [0.25, 0.3) is 10.9 Å². The van der Waals surface area contributed by atoms with Gasteiger partial charge in [0.1, 0.15) is 23.4 Å². The molecule has 3 aromatic rings. The Morgan fingerprint density at radius 3 is 2.67 bits per heavy atom. The van der Waals surface area contributed by atoms with Crippen LogP contribution in [-0.2, 0) is 0 Å². The molecule has 4 heterocycles. The summed E-state index contributed by atoms with van der Waals surface area (Å²) < 4.78 is 20.0. The average Bonchev–Trinajstić information content (AvgIpc) is 2.76. The van der Waals surface area contributed by atoms with Crippen molar-refractivity contribution >= 4 is 22.4 Å². The molecule has 7 heteroatoms. The molecular weight excluding hydrogens is 381 g/mol. The van der Waals surface area contributed by atoms with Crippen LogP contribution in [0.5, 0.6) is 5.88 Å². The molecule has 2 saturated heterocycles. The molecule has 6 nitrogen and oxygen atoms in total. The van der Waals surface area contributed by atoms with Gasteiger partial charge in [-0.25, -0.2) is 14.4 Å². The Bertz CT molecular complexity index is 1100. The van der Waals surface area contributed by atoms with Crippen molar-refractivity contribution in [2.75, 3.05) is 36.0 Å². The van der Waals surface area contributed by atoms with Crippen molar-refractivity contribution in [3.8, 4) is 11.9 Å². The summed E-state index contributed by atoms with van der Waals surface area (Å²) >= 11 is 0. The van der Waals surface area contributed by atoms with Crippen LogP contribution in [0.1, 0.15) is 12.8 Å². The van der Waals surface area contributed by atoms with E-state index in [-0.39, 0.29) is 17.8 Å². The van der Waals surface area contributed by atoms with E-state index in [1.165, 1.54) is 12.3 Å². The van der Waals surface area contributed by atoms with Gasteiger partial charge in [-0.2, -0.15) is 5.26 Å². The number of nitriles is 1. The summed E-state index contributed by atoms with van der Waals surface area (Å²) in [6.07, 6.45) is 2.73. The maximum atomic E-state index is 13.9. The first-order chi connectivity index (χ1) is 14.7. The molecule has 2 aromatic heterocycles. The van der Waals surface area contributed by atoms with E-state index in [4.69, 9.17) is 15.0 Å². The van der Waals surface area contributed by atoms with Gasteiger partial charge in [-0.15, -0.1) is 0 Å². The first-order valence-electron chi connectivity index (χ1n) is 10.3. The van der Waals surface area contributed by atoms with Gasteiger partial charge in [0.05, 0.1) is 30.9 Å². The van der Waals surface area contributed by atoms with E-state index in [0.29, 0.717) is 37.7 Å². The highest BCUT2D eigenvalue weighted by atomic mass is 19.1. The van der Waals surface area contributed by atoms with E-state index in [2.05, 4.69) is 33.0 Å². The lowest BCUT2D eigenvalue weighted by atomic mass is 9.98. The Labute approximate surface area is 174 Å². The van der Waals surface area contributed by atoms with Crippen molar-refractivity contribution < 1.29 is 9.13 Å². The van der Waals surface area contributed by atoms with Gasteiger partial charge in [-0.1, -0.05) is 18.2 Å². The largest absolute Gasteiger partial charge is 0.469 e. The molecule has 0 atom stereocenters. The number of anilines is 2. The van der Waals surface area contributed by atoms with Gasteiger partial charge in [0, 0.05) is 30.5 Å². The Morgan fingerprint density at radius 2 is 1.87 bits per heavy atom. The van der Waals surface area contributed by atoms with Crippen LogP contribution in [0, 0.1) is 23.1 Å². The fourth-order valence-corrected chi connectivity index (χ4v) is 4.07. The van der Waals surface area contributed by atoms with Crippen molar-refractivity contribution in [1.29, 1.82) is 5.26 Å². The van der Waals surface area contributed by atoms with Gasteiger partial charge in [0.15, 0.2) is 0 Å². The zero-order valence-electron chi connectivity index (χ0n) is 16.5. The molecule has 152 valence electrons. The molecule has 2 aliphatic heterocycles. The number of piperidine rings is 1. The molecule has 0 amide bonds. The molecule has 0 radical (unpaired) electrons. The number of ether oxygens (including phenoxy) is 1. The van der Waals surface area contributed by atoms with E-state index in [0.717, 1.165) is 29.6 Å². The molecule has 0 saturated carbocycles. The lowest BCUT2D eigenvalue weighted by Gasteiger charge is -2.40. The van der Waals surface area contributed by atoms with Crippen LogP contribution in [0.15, 0.2) is 48.7 Å². The Morgan fingerprint density at radius 1 is 1.07 bits per heavy atom. The summed E-state index contributed by atoms with van der Waals surface area (Å²) in [5.74, 6) is 1.08. The van der Waals surface area contributed by atoms with Gasteiger partial charge in [-0.05, 0) is 31.0 Å². The maximum Gasteiger partial charge on any atom is 0.238 e. The molecule has 0 unspecified atom stereocenters. The smallest absolute Gasteiger partial charge is 0.238 e. The molecule has 2 fully saturated rings. The van der Waals surface area contributed by atoms with Crippen molar-refractivity contribution in [2.45, 2.75) is 18.9 Å². The lowest BCUT2D eigenvalue weighted by molar-refractivity contribution is 0.160. The molecule has 0 bridgehead atoms. The van der Waals surface area contributed by atoms with Crippen molar-refractivity contribution in [3.63, 3.8) is 0 Å². The van der Waals surface area contributed by atoms with E-state index in [1.807, 2.05) is 24.3 Å². The van der Waals surface area contributed by atoms with Crippen LogP contribution in [-0.4, -0.2) is 42.3 Å². The first kappa shape index (κ1) is 18.6. The molecule has 5 rings (SSSR count). The third kappa shape index (κ3) is 3.61. The van der Waals surface area contributed by atoms with Gasteiger partial charge >= 0.3 is 0 Å². The third-order valence-corrected chi connectivity index (χ3v) is 5.85. The molecule has 30 heavy (non-hydrogen) atoms. The summed E-state index contributed by atoms with van der Waals surface area (Å²) in [6, 6.07) is 16.0. The zero-order valence-corrected chi connectivity index (χ0v) is 16.5. The number of hydrogen-bond acceptors (Lipinski definition) is 6. The number of hydrogen-bond donors (Lipinski definition) is 0. The van der Waals surface area contributed by atoms with Crippen molar-refractivity contribution in [2.24, 2.45) is 5.92 Å². The van der Waals surface area contributed by atoms with Crippen LogP contribution >= 0.6 is 0 Å². The first-order valence-corrected chi connectivity index (χ1v) is 10.3. The normalized spacial score (nSPS) is 17.6. The average molecular weight is 403 g/mol. The third-order valence-electron chi connectivity index (χ3n) is 5.85. The minimum Gasteiger partial charge on any atom is -0.469 e. The topological polar surface area (TPSA) is 65.3 Å². The van der Waals surface area contributed by atoms with E-state index in [1.54, 1.807) is 0 Å². The van der Waals surface area contributed by atoms with E-state index in [9.17, 15) is 4.39 Å². The minimum absolute atomic E-state index is 0.0216. The fraction of sp³-hybridized carbons (Fsp3) is 0.348. The summed E-state index contributed by atoms with van der Waals surface area (Å²) in [5.41, 5.74) is 1.65. The summed E-state index contributed by atoms with van der Waals surface area (Å²) in [7, 11) is 0. The number of pyridine rings is 2. The van der Waals surface area contributed by atoms with Crippen molar-refractivity contribution in [3.05, 3.63) is 54.5 Å². The SMILES string of the molecule is N#CC1CCN(c2cc(F)cnc2OC2CN(c3ccc4ccccc4n3)C2)CC1. The van der Waals surface area contributed by atoms with Crippen molar-refractivity contribution in [1.82, 2.24) is 9.97 Å². The second-order valence-corrected chi connectivity index (χ2v) is 7.88. The molecule has 1 aromatic carbocycles. The molecule has 0 N–H and O–H groups in total. The molecular formula is C23H22FN5O. The summed E-state index contributed by atoms with van der Waals surface area (Å²) in [6.45, 7) is 2.83. The number of halogens is 1. The summed E-state index contributed by atoms with van der Waals surface area (Å²) in [5, 5.41) is 10.2. The predicted octanol–water partition coefficient (Wildman–Crippen LogP) is 3.78. The van der Waals surface area contributed by atoms with E-state index >= 15 is 0 Å². The number of benzene rings is 1. The number of aromatic nitrogens is 2. The second-order valence-electron chi connectivity index (χ2n) is 7.88. The molecule has 0 spiro atoms. The highest BCUT2D eigenvalue weighted by Gasteiger charge is 2.31. The maximum absolute atomic E-state index is 13.9. The number of rotatable bonds is 4. The second kappa shape index (κ2) is 7.79. The quantitative estimate of drug-likeness (QED) is 0.661. The highest BCUT2D eigenvalue weighted by Crippen LogP contribution is 2.33. The number of para-hydroxylation sites is 1. The Kier molecular flexibility index (Phi) is 4.83. The van der Waals surface area contributed by atoms with Gasteiger partial charge < -0.3 is 14.5 Å². The number of fused-ring (bicyclic) bond motifs is 1. The highest BCUT2D eigenvalue weighted by molar-refractivity contribution is 5.80. The Hall–Kier alpha value is -3.40. The molecule has 0 aliphatic carbocycles. The van der Waals surface area contributed by atoms with Gasteiger partial charge in [-0.3, -0.25) is 0 Å². The van der Waals surface area contributed by atoms with Gasteiger partial charge in [0.2, 0.25) is 5.88 Å². The lowest BCUT2D eigenvalue weighted by Crippen LogP contribution is -2.54. The van der Waals surface area contributed by atoms with Crippen LogP contribution in [0.4, 0.5) is 15.9 Å². The number of nitrogens with zero attached hydrogens (tertiary/aromatic N) is 5. The fourth-order valence-electron chi connectivity index (χ4n) is 4.07. The van der Waals surface area contributed by atoms with Gasteiger partial charge in [0.25, 0.3) is 0 Å². The van der Waals surface area contributed by atoms with Crippen LogP contribution < -0.4 is 14.5 Å². The summed E-state index contributed by atoms with van der Waals surface area (Å²) in [4.78, 5) is 13.2. The standard InChI is InChI=1S/C23H22FN5O/c24-18-11-21(28-9-7-16(12-25)8-10-28)23(26-13-18)30-19-14-29(15-19)22-6-5-17-3-1-2-4-20(17)27-22/h1-6,11,13,16,19H,7-10,14-15H2. The Balaban J connectivity index is 1.26. The van der Waals surface area contributed by atoms with Crippen LogP contribution in [0.3, 0.4) is 0 Å².